The van der Waals surface area contributed by atoms with Crippen molar-refractivity contribution in [1.29, 1.82) is 0 Å². The Bertz CT molecular complexity index is 350. The Hall–Kier alpha value is -0.380. The molecule has 1 fully saturated rings. The smallest absolute Gasteiger partial charge is 0.0728 e. The van der Waals surface area contributed by atoms with Crippen molar-refractivity contribution < 1.29 is 4.74 Å². The average molecular weight is 284 g/mol. The largest absolute Gasteiger partial charge is 0.376 e. The van der Waals surface area contributed by atoms with Crippen LogP contribution in [0.4, 0.5) is 0 Å². The van der Waals surface area contributed by atoms with Gasteiger partial charge in [0.15, 0.2) is 0 Å². The Morgan fingerprint density at radius 3 is 2.69 bits per heavy atom. The van der Waals surface area contributed by atoms with Gasteiger partial charge in [0.05, 0.1) is 13.2 Å². The van der Waals surface area contributed by atoms with E-state index in [1.165, 1.54) is 18.4 Å². The molecule has 88 valence electrons. The Morgan fingerprint density at radius 2 is 2.06 bits per heavy atom. The van der Waals surface area contributed by atoms with E-state index in [9.17, 15) is 0 Å². The minimum absolute atomic E-state index is 0.413. The van der Waals surface area contributed by atoms with Gasteiger partial charge < -0.3 is 10.5 Å². The molecule has 16 heavy (non-hydrogen) atoms. The molecule has 2 nitrogen and oxygen atoms in total. The number of benzene rings is 1. The maximum absolute atomic E-state index is 5.79. The Kier molecular flexibility index (Phi) is 4.00. The van der Waals surface area contributed by atoms with Crippen LogP contribution >= 0.6 is 15.9 Å². The molecule has 0 saturated heterocycles. The average Bonchev–Trinajstić information content (AvgIpc) is 3.02. The third-order valence-electron chi connectivity index (χ3n) is 3.26. The Balaban J connectivity index is 1.78. The van der Waals surface area contributed by atoms with E-state index in [0.29, 0.717) is 12.0 Å². The zero-order valence-electron chi connectivity index (χ0n) is 9.42. The van der Waals surface area contributed by atoms with Crippen molar-refractivity contribution in [3.63, 3.8) is 0 Å². The van der Waals surface area contributed by atoms with Gasteiger partial charge >= 0.3 is 0 Å². The van der Waals surface area contributed by atoms with Crippen LogP contribution in [0.5, 0.6) is 0 Å². The number of ether oxygens (including phenoxy) is 1. The van der Waals surface area contributed by atoms with Gasteiger partial charge in [-0.3, -0.25) is 0 Å². The summed E-state index contributed by atoms with van der Waals surface area (Å²) in [6.07, 6.45) is 3.66. The van der Waals surface area contributed by atoms with Crippen LogP contribution in [-0.4, -0.2) is 13.2 Å². The Morgan fingerprint density at radius 1 is 1.31 bits per heavy atom. The second-order valence-corrected chi connectivity index (χ2v) is 5.48. The molecule has 0 bridgehead atoms. The van der Waals surface area contributed by atoms with E-state index in [2.05, 4.69) is 22.0 Å². The SMILES string of the molecule is NCCC1(COCc2ccccc2Br)CC1. The highest BCUT2D eigenvalue weighted by Gasteiger charge is 2.41. The van der Waals surface area contributed by atoms with Gasteiger partial charge in [-0.25, -0.2) is 0 Å². The van der Waals surface area contributed by atoms with Crippen LogP contribution in [0.3, 0.4) is 0 Å². The molecule has 1 aromatic carbocycles. The van der Waals surface area contributed by atoms with Crippen molar-refractivity contribution in [2.75, 3.05) is 13.2 Å². The fourth-order valence-electron chi connectivity index (χ4n) is 1.94. The van der Waals surface area contributed by atoms with E-state index < -0.39 is 0 Å². The van der Waals surface area contributed by atoms with Gasteiger partial charge in [0.2, 0.25) is 0 Å². The summed E-state index contributed by atoms with van der Waals surface area (Å²) < 4.78 is 6.92. The van der Waals surface area contributed by atoms with Gasteiger partial charge in [0.1, 0.15) is 0 Å². The van der Waals surface area contributed by atoms with E-state index >= 15 is 0 Å². The first-order valence-electron chi connectivity index (χ1n) is 5.77. The third kappa shape index (κ3) is 3.06. The molecule has 1 aliphatic rings. The molecule has 0 spiro atoms. The molecular formula is C13H18BrNO. The standard InChI is InChI=1S/C13H18BrNO/c14-12-4-2-1-3-11(12)9-16-10-13(5-6-13)7-8-15/h1-4H,5-10,15H2. The van der Waals surface area contributed by atoms with Crippen molar-refractivity contribution in [3.8, 4) is 0 Å². The molecule has 0 atom stereocenters. The van der Waals surface area contributed by atoms with Crippen molar-refractivity contribution in [1.82, 2.24) is 0 Å². The number of halogens is 1. The van der Waals surface area contributed by atoms with E-state index in [1.54, 1.807) is 0 Å². The van der Waals surface area contributed by atoms with Gasteiger partial charge in [0.25, 0.3) is 0 Å². The highest BCUT2D eigenvalue weighted by Crippen LogP contribution is 2.48. The molecule has 0 amide bonds. The minimum atomic E-state index is 0.413. The topological polar surface area (TPSA) is 35.2 Å². The third-order valence-corrected chi connectivity index (χ3v) is 4.03. The maximum Gasteiger partial charge on any atom is 0.0728 e. The second kappa shape index (κ2) is 5.30. The summed E-state index contributed by atoms with van der Waals surface area (Å²) in [5.41, 5.74) is 7.23. The fraction of sp³-hybridized carbons (Fsp3) is 0.538. The number of nitrogens with two attached hydrogens (primary N) is 1. The molecule has 0 unspecified atom stereocenters. The number of hydrogen-bond acceptors (Lipinski definition) is 2. The fourth-order valence-corrected chi connectivity index (χ4v) is 2.34. The lowest BCUT2D eigenvalue weighted by Crippen LogP contribution is -2.15. The monoisotopic (exact) mass is 283 g/mol. The van der Waals surface area contributed by atoms with Gasteiger partial charge in [0, 0.05) is 4.47 Å². The molecule has 0 aliphatic heterocycles. The summed E-state index contributed by atoms with van der Waals surface area (Å²) in [5.74, 6) is 0. The minimum Gasteiger partial charge on any atom is -0.376 e. The Labute approximate surface area is 105 Å². The van der Waals surface area contributed by atoms with Crippen molar-refractivity contribution in [2.24, 2.45) is 11.1 Å². The number of rotatable bonds is 6. The van der Waals surface area contributed by atoms with Crippen LogP contribution < -0.4 is 5.73 Å². The lowest BCUT2D eigenvalue weighted by molar-refractivity contribution is 0.0753. The predicted molar refractivity (Wildman–Crippen MR) is 69.1 cm³/mol. The molecule has 0 heterocycles. The van der Waals surface area contributed by atoms with E-state index in [-0.39, 0.29) is 0 Å². The first kappa shape index (κ1) is 12.1. The van der Waals surface area contributed by atoms with Crippen LogP contribution in [0.1, 0.15) is 24.8 Å². The van der Waals surface area contributed by atoms with E-state index in [4.69, 9.17) is 10.5 Å². The van der Waals surface area contributed by atoms with E-state index in [1.807, 2.05) is 18.2 Å². The molecule has 0 aromatic heterocycles. The van der Waals surface area contributed by atoms with Crippen LogP contribution in [0.25, 0.3) is 0 Å². The van der Waals surface area contributed by atoms with Crippen molar-refractivity contribution >= 4 is 15.9 Å². The van der Waals surface area contributed by atoms with E-state index in [0.717, 1.165) is 24.0 Å². The van der Waals surface area contributed by atoms with Gasteiger partial charge in [-0.2, -0.15) is 0 Å². The molecule has 2 rings (SSSR count). The molecule has 0 radical (unpaired) electrons. The van der Waals surface area contributed by atoms with Crippen molar-refractivity contribution in [2.45, 2.75) is 25.9 Å². The lowest BCUT2D eigenvalue weighted by atomic mass is 10.0. The molecule has 1 aliphatic carbocycles. The normalized spacial score (nSPS) is 17.4. The molecule has 1 saturated carbocycles. The molecular weight excluding hydrogens is 266 g/mol. The first-order valence-corrected chi connectivity index (χ1v) is 6.56. The number of hydrogen-bond donors (Lipinski definition) is 1. The summed E-state index contributed by atoms with van der Waals surface area (Å²) in [6.45, 7) is 2.32. The summed E-state index contributed by atoms with van der Waals surface area (Å²) in [6, 6.07) is 8.19. The zero-order valence-corrected chi connectivity index (χ0v) is 11.0. The highest BCUT2D eigenvalue weighted by atomic mass is 79.9. The summed E-state index contributed by atoms with van der Waals surface area (Å²) in [5, 5.41) is 0. The van der Waals surface area contributed by atoms with Gasteiger partial charge in [-0.1, -0.05) is 34.1 Å². The predicted octanol–water partition coefficient (Wildman–Crippen LogP) is 3.09. The molecule has 3 heteroatoms. The highest BCUT2D eigenvalue weighted by molar-refractivity contribution is 9.10. The second-order valence-electron chi connectivity index (χ2n) is 4.62. The van der Waals surface area contributed by atoms with Crippen LogP contribution in [0.2, 0.25) is 0 Å². The van der Waals surface area contributed by atoms with Crippen molar-refractivity contribution in [3.05, 3.63) is 34.3 Å². The van der Waals surface area contributed by atoms with Gasteiger partial charge in [-0.05, 0) is 42.9 Å². The summed E-state index contributed by atoms with van der Waals surface area (Å²) in [7, 11) is 0. The van der Waals surface area contributed by atoms with Gasteiger partial charge in [-0.15, -0.1) is 0 Å². The molecule has 2 N–H and O–H groups in total. The summed E-state index contributed by atoms with van der Waals surface area (Å²) >= 11 is 3.52. The first-order chi connectivity index (χ1) is 7.76. The van der Waals surface area contributed by atoms with Crippen LogP contribution in [-0.2, 0) is 11.3 Å². The lowest BCUT2D eigenvalue weighted by Gasteiger charge is -2.14. The van der Waals surface area contributed by atoms with Crippen LogP contribution in [0, 0.1) is 5.41 Å². The maximum atomic E-state index is 5.79. The summed E-state index contributed by atoms with van der Waals surface area (Å²) in [4.78, 5) is 0. The van der Waals surface area contributed by atoms with Crippen LogP contribution in [0.15, 0.2) is 28.7 Å². The molecule has 1 aromatic rings. The zero-order chi connectivity index (χ0) is 11.4. The quantitative estimate of drug-likeness (QED) is 0.871.